The van der Waals surface area contributed by atoms with Crippen molar-refractivity contribution in [3.05, 3.63) is 47.3 Å². The average Bonchev–Trinajstić information content (AvgIpc) is 2.70. The first-order valence-corrected chi connectivity index (χ1v) is 4.78. The van der Waals surface area contributed by atoms with Gasteiger partial charge >= 0.3 is 0 Å². The molecule has 0 fully saturated rings. The van der Waals surface area contributed by atoms with Crippen LogP contribution in [-0.2, 0) is 6.54 Å². The lowest BCUT2D eigenvalue weighted by atomic mass is 10.3. The molecule has 0 unspecified atom stereocenters. The van der Waals surface area contributed by atoms with E-state index in [0.717, 1.165) is 5.69 Å². The summed E-state index contributed by atoms with van der Waals surface area (Å²) in [5.74, 6) is 0.271. The summed E-state index contributed by atoms with van der Waals surface area (Å²) in [7, 11) is 0. The Morgan fingerprint density at radius 1 is 1.47 bits per heavy atom. The number of aromatic nitrogens is 2. The number of imidazole rings is 1. The summed E-state index contributed by atoms with van der Waals surface area (Å²) in [6.45, 7) is 0.321. The van der Waals surface area contributed by atoms with Crippen molar-refractivity contribution < 1.29 is 4.39 Å². The van der Waals surface area contributed by atoms with Crippen molar-refractivity contribution in [2.45, 2.75) is 6.54 Å². The summed E-state index contributed by atoms with van der Waals surface area (Å²) in [6.07, 6.45) is 3.39. The average molecular weight is 226 g/mol. The highest BCUT2D eigenvalue weighted by Gasteiger charge is 2.05. The molecular formula is C10H9ClFN3. The standard InChI is InChI=1S/C10H9ClFN3/c11-8-5-7(1-2-9(8)12)15-4-3-14-10(15)6-13/h1-5H,6,13H2. The van der Waals surface area contributed by atoms with E-state index in [0.29, 0.717) is 12.4 Å². The van der Waals surface area contributed by atoms with Gasteiger partial charge in [0.25, 0.3) is 0 Å². The molecule has 1 aromatic heterocycles. The Balaban J connectivity index is 2.50. The van der Waals surface area contributed by atoms with E-state index in [1.165, 1.54) is 12.1 Å². The Hall–Kier alpha value is -1.39. The zero-order valence-corrected chi connectivity index (χ0v) is 8.58. The molecule has 2 N–H and O–H groups in total. The Kier molecular flexibility index (Phi) is 2.70. The zero-order chi connectivity index (χ0) is 10.8. The summed E-state index contributed by atoms with van der Waals surface area (Å²) in [5.41, 5.74) is 6.26. The van der Waals surface area contributed by atoms with Gasteiger partial charge in [-0.15, -0.1) is 0 Å². The van der Waals surface area contributed by atoms with Gasteiger partial charge in [-0.05, 0) is 18.2 Å². The summed E-state index contributed by atoms with van der Waals surface area (Å²) in [4.78, 5) is 4.06. The van der Waals surface area contributed by atoms with Crippen molar-refractivity contribution in [2.24, 2.45) is 5.73 Å². The number of benzene rings is 1. The van der Waals surface area contributed by atoms with Gasteiger partial charge in [-0.1, -0.05) is 11.6 Å². The highest BCUT2D eigenvalue weighted by atomic mass is 35.5. The molecule has 0 amide bonds. The Bertz CT molecular complexity index is 481. The quantitative estimate of drug-likeness (QED) is 0.851. The van der Waals surface area contributed by atoms with Crippen molar-refractivity contribution >= 4 is 11.6 Å². The van der Waals surface area contributed by atoms with Crippen molar-refractivity contribution in [1.29, 1.82) is 0 Å². The van der Waals surface area contributed by atoms with E-state index in [4.69, 9.17) is 17.3 Å². The molecular weight excluding hydrogens is 217 g/mol. The lowest BCUT2D eigenvalue weighted by Crippen LogP contribution is -2.06. The molecule has 1 aromatic carbocycles. The van der Waals surface area contributed by atoms with Gasteiger partial charge in [0.2, 0.25) is 0 Å². The SMILES string of the molecule is NCc1nccn1-c1ccc(F)c(Cl)c1. The van der Waals surface area contributed by atoms with Gasteiger partial charge < -0.3 is 10.3 Å². The van der Waals surface area contributed by atoms with Crippen LogP contribution in [0.1, 0.15) is 5.82 Å². The number of halogens is 2. The zero-order valence-electron chi connectivity index (χ0n) is 7.82. The fourth-order valence-corrected chi connectivity index (χ4v) is 1.53. The number of hydrogen-bond acceptors (Lipinski definition) is 2. The van der Waals surface area contributed by atoms with Gasteiger partial charge in [0.15, 0.2) is 0 Å². The maximum Gasteiger partial charge on any atom is 0.141 e. The van der Waals surface area contributed by atoms with Crippen LogP contribution in [0.15, 0.2) is 30.6 Å². The van der Waals surface area contributed by atoms with Gasteiger partial charge in [0.1, 0.15) is 11.6 Å². The fourth-order valence-electron chi connectivity index (χ4n) is 1.36. The van der Waals surface area contributed by atoms with E-state index < -0.39 is 5.82 Å². The Morgan fingerprint density at radius 3 is 2.93 bits per heavy atom. The minimum Gasteiger partial charge on any atom is -0.324 e. The third kappa shape index (κ3) is 1.86. The van der Waals surface area contributed by atoms with Crippen molar-refractivity contribution in [2.75, 3.05) is 0 Å². The maximum atomic E-state index is 12.9. The van der Waals surface area contributed by atoms with E-state index in [1.54, 1.807) is 23.0 Å². The van der Waals surface area contributed by atoms with Crippen LogP contribution in [0.25, 0.3) is 5.69 Å². The van der Waals surface area contributed by atoms with Gasteiger partial charge in [0, 0.05) is 18.1 Å². The predicted octanol–water partition coefficient (Wildman–Crippen LogP) is 2.12. The first-order valence-electron chi connectivity index (χ1n) is 4.40. The van der Waals surface area contributed by atoms with Crippen molar-refractivity contribution in [1.82, 2.24) is 9.55 Å². The molecule has 5 heteroatoms. The van der Waals surface area contributed by atoms with Crippen LogP contribution >= 0.6 is 11.6 Å². The van der Waals surface area contributed by atoms with E-state index in [9.17, 15) is 4.39 Å². The summed E-state index contributed by atoms with van der Waals surface area (Å²) in [5, 5.41) is 0.0872. The van der Waals surface area contributed by atoms with Crippen LogP contribution in [0.4, 0.5) is 4.39 Å². The van der Waals surface area contributed by atoms with Crippen LogP contribution in [0.3, 0.4) is 0 Å². The molecule has 2 rings (SSSR count). The molecule has 0 saturated heterocycles. The first-order chi connectivity index (χ1) is 7.22. The molecule has 1 heterocycles. The van der Waals surface area contributed by atoms with Crippen molar-refractivity contribution in [3.63, 3.8) is 0 Å². The Labute approximate surface area is 91.3 Å². The predicted molar refractivity (Wildman–Crippen MR) is 56.4 cm³/mol. The normalized spacial score (nSPS) is 10.6. The summed E-state index contributed by atoms with van der Waals surface area (Å²) < 4.78 is 14.7. The smallest absolute Gasteiger partial charge is 0.141 e. The second-order valence-corrected chi connectivity index (χ2v) is 3.42. The third-order valence-corrected chi connectivity index (χ3v) is 2.37. The highest BCUT2D eigenvalue weighted by molar-refractivity contribution is 6.30. The van der Waals surface area contributed by atoms with Crippen LogP contribution in [0.2, 0.25) is 5.02 Å². The Morgan fingerprint density at radius 2 is 2.27 bits per heavy atom. The van der Waals surface area contributed by atoms with E-state index in [-0.39, 0.29) is 5.02 Å². The van der Waals surface area contributed by atoms with Gasteiger partial charge in [-0.25, -0.2) is 9.37 Å². The molecule has 0 aliphatic heterocycles. The van der Waals surface area contributed by atoms with Crippen LogP contribution in [0, 0.1) is 5.82 Å². The molecule has 0 radical (unpaired) electrons. The molecule has 0 spiro atoms. The summed E-state index contributed by atoms with van der Waals surface area (Å²) >= 11 is 5.69. The van der Waals surface area contributed by atoms with Gasteiger partial charge in [0.05, 0.1) is 11.6 Å². The molecule has 0 aliphatic rings. The van der Waals surface area contributed by atoms with Gasteiger partial charge in [-0.3, -0.25) is 0 Å². The number of rotatable bonds is 2. The molecule has 2 aromatic rings. The summed E-state index contributed by atoms with van der Waals surface area (Å²) in [6, 6.07) is 4.48. The molecule has 0 saturated carbocycles. The molecule has 0 bridgehead atoms. The lowest BCUT2D eigenvalue weighted by molar-refractivity contribution is 0.627. The second kappa shape index (κ2) is 4.00. The van der Waals surface area contributed by atoms with Gasteiger partial charge in [-0.2, -0.15) is 0 Å². The number of nitrogens with two attached hydrogens (primary N) is 1. The lowest BCUT2D eigenvalue weighted by Gasteiger charge is -2.06. The molecule has 78 valence electrons. The second-order valence-electron chi connectivity index (χ2n) is 3.02. The monoisotopic (exact) mass is 225 g/mol. The van der Waals surface area contributed by atoms with E-state index in [2.05, 4.69) is 4.98 Å². The first kappa shape index (κ1) is 10.1. The number of hydrogen-bond donors (Lipinski definition) is 1. The van der Waals surface area contributed by atoms with Crippen LogP contribution in [0.5, 0.6) is 0 Å². The molecule has 3 nitrogen and oxygen atoms in total. The van der Waals surface area contributed by atoms with Crippen LogP contribution < -0.4 is 5.73 Å². The third-order valence-electron chi connectivity index (χ3n) is 2.08. The van der Waals surface area contributed by atoms with E-state index in [1.807, 2.05) is 0 Å². The fraction of sp³-hybridized carbons (Fsp3) is 0.100. The topological polar surface area (TPSA) is 43.8 Å². The molecule has 0 aliphatic carbocycles. The van der Waals surface area contributed by atoms with Crippen molar-refractivity contribution in [3.8, 4) is 5.69 Å². The minimum atomic E-state index is -0.435. The number of nitrogens with zero attached hydrogens (tertiary/aromatic N) is 2. The maximum absolute atomic E-state index is 12.9. The highest BCUT2D eigenvalue weighted by Crippen LogP contribution is 2.19. The molecule has 0 atom stereocenters. The van der Waals surface area contributed by atoms with E-state index >= 15 is 0 Å². The largest absolute Gasteiger partial charge is 0.324 e. The minimum absolute atomic E-state index is 0.0872. The molecule has 15 heavy (non-hydrogen) atoms. The van der Waals surface area contributed by atoms with Crippen LogP contribution in [-0.4, -0.2) is 9.55 Å².